The minimum Gasteiger partial charge on any atom is -0.363 e. The Hall–Kier alpha value is -0.750. The van der Waals surface area contributed by atoms with Crippen molar-refractivity contribution < 1.29 is 0 Å². The van der Waals surface area contributed by atoms with E-state index in [0.717, 1.165) is 13.1 Å². The molecule has 0 rings (SSSR count). The summed E-state index contributed by atoms with van der Waals surface area (Å²) in [5.41, 5.74) is 0. The average molecular weight is 156 g/mol. The first kappa shape index (κ1) is 9.25. The minimum atomic E-state index is 0.678. The van der Waals surface area contributed by atoms with Gasteiger partial charge in [0.25, 0.3) is 0 Å². The summed E-state index contributed by atoms with van der Waals surface area (Å²) in [6.45, 7) is 3.60. The van der Waals surface area contributed by atoms with Crippen LogP contribution in [-0.4, -0.2) is 18.2 Å². The molecule has 0 amide bonds. The van der Waals surface area contributed by atoms with Crippen LogP contribution in [0.2, 0.25) is 0 Å². The summed E-state index contributed by atoms with van der Waals surface area (Å²) in [5.74, 6) is 2.52. The molecular formula is C7H12N2S. The Kier molecular flexibility index (Phi) is 5.89. The van der Waals surface area contributed by atoms with Gasteiger partial charge in [-0.25, -0.2) is 0 Å². The van der Waals surface area contributed by atoms with Crippen LogP contribution in [0.3, 0.4) is 0 Å². The summed E-state index contributed by atoms with van der Waals surface area (Å²) in [6.07, 6.45) is 5.75. The molecule has 2 N–H and O–H groups in total. The molecule has 0 spiro atoms. The van der Waals surface area contributed by atoms with Gasteiger partial charge in [-0.15, -0.1) is 12.3 Å². The third-order valence-corrected chi connectivity index (χ3v) is 1.18. The first-order valence-electron chi connectivity index (χ1n) is 3.26. The molecule has 10 heavy (non-hydrogen) atoms. The topological polar surface area (TPSA) is 24.1 Å². The summed E-state index contributed by atoms with van der Waals surface area (Å²) in [7, 11) is 0. The normalized spacial score (nSPS) is 8.00. The molecular weight excluding hydrogens is 144 g/mol. The van der Waals surface area contributed by atoms with Crippen molar-refractivity contribution in [1.29, 1.82) is 0 Å². The van der Waals surface area contributed by atoms with Crippen LogP contribution in [0.15, 0.2) is 0 Å². The first-order valence-corrected chi connectivity index (χ1v) is 3.67. The molecule has 0 saturated heterocycles. The van der Waals surface area contributed by atoms with Gasteiger partial charge in [0.15, 0.2) is 5.11 Å². The van der Waals surface area contributed by atoms with Crippen molar-refractivity contribution in [1.82, 2.24) is 10.6 Å². The van der Waals surface area contributed by atoms with Crippen molar-refractivity contribution in [2.75, 3.05) is 13.1 Å². The molecule has 0 aromatic carbocycles. The zero-order valence-electron chi connectivity index (χ0n) is 6.11. The van der Waals surface area contributed by atoms with E-state index < -0.39 is 0 Å². The molecule has 0 aliphatic carbocycles. The lowest BCUT2D eigenvalue weighted by molar-refractivity contribution is 0.853. The van der Waals surface area contributed by atoms with E-state index in [-0.39, 0.29) is 0 Å². The molecule has 0 radical (unpaired) electrons. The fourth-order valence-electron chi connectivity index (χ4n) is 0.471. The van der Waals surface area contributed by atoms with Crippen LogP contribution in [-0.2, 0) is 0 Å². The van der Waals surface area contributed by atoms with Crippen LogP contribution in [0.1, 0.15) is 13.3 Å². The molecule has 3 heteroatoms. The van der Waals surface area contributed by atoms with Gasteiger partial charge in [0, 0.05) is 19.5 Å². The third kappa shape index (κ3) is 5.39. The Labute approximate surface area is 67.4 Å². The van der Waals surface area contributed by atoms with E-state index in [0.29, 0.717) is 11.5 Å². The lowest BCUT2D eigenvalue weighted by Crippen LogP contribution is -2.35. The molecule has 0 aromatic heterocycles. The Morgan fingerprint density at radius 1 is 1.60 bits per heavy atom. The molecule has 0 heterocycles. The van der Waals surface area contributed by atoms with Gasteiger partial charge in [0.1, 0.15) is 0 Å². The smallest absolute Gasteiger partial charge is 0.166 e. The van der Waals surface area contributed by atoms with E-state index >= 15 is 0 Å². The lowest BCUT2D eigenvalue weighted by Gasteiger charge is -2.05. The molecule has 0 atom stereocenters. The quantitative estimate of drug-likeness (QED) is 0.353. The van der Waals surface area contributed by atoms with Gasteiger partial charge in [0.2, 0.25) is 0 Å². The van der Waals surface area contributed by atoms with Crippen LogP contribution < -0.4 is 10.6 Å². The number of hydrogen-bond acceptors (Lipinski definition) is 1. The van der Waals surface area contributed by atoms with E-state index in [1.165, 1.54) is 0 Å². The number of terminal acetylenes is 1. The largest absolute Gasteiger partial charge is 0.363 e. The summed E-state index contributed by atoms with van der Waals surface area (Å²) >= 11 is 4.88. The highest BCUT2D eigenvalue weighted by molar-refractivity contribution is 7.80. The standard InChI is InChI=1S/C7H12N2S/c1-3-5-6-9-7(10)8-4-2/h1H,4-6H2,2H3,(H2,8,9,10). The molecule has 0 fully saturated rings. The Bertz CT molecular complexity index is 137. The van der Waals surface area contributed by atoms with Crippen molar-refractivity contribution >= 4 is 17.3 Å². The van der Waals surface area contributed by atoms with Gasteiger partial charge < -0.3 is 10.6 Å². The third-order valence-electron chi connectivity index (χ3n) is 0.892. The van der Waals surface area contributed by atoms with Crippen molar-refractivity contribution in [3.05, 3.63) is 0 Å². The predicted octanol–water partition coefficient (Wildman–Crippen LogP) is 0.494. The molecule has 0 aliphatic heterocycles. The predicted molar refractivity (Wildman–Crippen MR) is 47.7 cm³/mol. The van der Waals surface area contributed by atoms with E-state index in [2.05, 4.69) is 16.6 Å². The van der Waals surface area contributed by atoms with Crippen molar-refractivity contribution in [2.45, 2.75) is 13.3 Å². The van der Waals surface area contributed by atoms with E-state index in [1.807, 2.05) is 6.92 Å². The maximum Gasteiger partial charge on any atom is 0.166 e. The fourth-order valence-corrected chi connectivity index (χ4v) is 0.718. The monoisotopic (exact) mass is 156 g/mol. The van der Waals surface area contributed by atoms with E-state index in [9.17, 15) is 0 Å². The van der Waals surface area contributed by atoms with Crippen molar-refractivity contribution in [3.8, 4) is 12.3 Å². The molecule has 0 unspecified atom stereocenters. The highest BCUT2D eigenvalue weighted by Crippen LogP contribution is 1.71. The number of nitrogens with one attached hydrogen (secondary N) is 2. The average Bonchev–Trinajstić information content (AvgIpc) is 1.89. The lowest BCUT2D eigenvalue weighted by atomic mass is 10.4. The Balaban J connectivity index is 3.15. The van der Waals surface area contributed by atoms with Gasteiger partial charge in [0.05, 0.1) is 0 Å². The maximum absolute atomic E-state index is 5.04. The molecule has 0 aromatic rings. The molecule has 0 saturated carbocycles. The van der Waals surface area contributed by atoms with Gasteiger partial charge in [-0.1, -0.05) is 0 Å². The second-order valence-electron chi connectivity index (χ2n) is 1.74. The SMILES string of the molecule is C#CCCNC(=S)NCC. The first-order chi connectivity index (χ1) is 4.81. The van der Waals surface area contributed by atoms with Crippen LogP contribution >= 0.6 is 12.2 Å². The summed E-state index contributed by atoms with van der Waals surface area (Å²) in [4.78, 5) is 0. The number of hydrogen-bond donors (Lipinski definition) is 2. The Morgan fingerprint density at radius 3 is 2.80 bits per heavy atom. The second kappa shape index (κ2) is 6.37. The molecule has 0 aliphatic rings. The molecule has 2 nitrogen and oxygen atoms in total. The fraction of sp³-hybridized carbons (Fsp3) is 0.571. The highest BCUT2D eigenvalue weighted by Gasteiger charge is 1.88. The zero-order chi connectivity index (χ0) is 7.82. The van der Waals surface area contributed by atoms with Crippen molar-refractivity contribution in [3.63, 3.8) is 0 Å². The summed E-state index contributed by atoms with van der Waals surface area (Å²) in [5, 5.41) is 6.60. The minimum absolute atomic E-state index is 0.678. The van der Waals surface area contributed by atoms with Gasteiger partial charge >= 0.3 is 0 Å². The van der Waals surface area contributed by atoms with Gasteiger partial charge in [-0.05, 0) is 19.1 Å². The number of thiocarbonyl (C=S) groups is 1. The van der Waals surface area contributed by atoms with Crippen LogP contribution in [0, 0.1) is 12.3 Å². The number of rotatable bonds is 3. The van der Waals surface area contributed by atoms with Gasteiger partial charge in [-0.2, -0.15) is 0 Å². The van der Waals surface area contributed by atoms with E-state index in [4.69, 9.17) is 18.6 Å². The zero-order valence-corrected chi connectivity index (χ0v) is 6.92. The van der Waals surface area contributed by atoms with Gasteiger partial charge in [-0.3, -0.25) is 0 Å². The highest BCUT2D eigenvalue weighted by atomic mass is 32.1. The summed E-state index contributed by atoms with van der Waals surface area (Å²) < 4.78 is 0. The van der Waals surface area contributed by atoms with Crippen LogP contribution in [0.4, 0.5) is 0 Å². The maximum atomic E-state index is 5.04. The second-order valence-corrected chi connectivity index (χ2v) is 2.15. The van der Waals surface area contributed by atoms with E-state index in [1.54, 1.807) is 0 Å². The van der Waals surface area contributed by atoms with Crippen molar-refractivity contribution in [2.24, 2.45) is 0 Å². The van der Waals surface area contributed by atoms with Crippen LogP contribution in [0.25, 0.3) is 0 Å². The molecule has 56 valence electrons. The Morgan fingerprint density at radius 2 is 2.30 bits per heavy atom. The summed E-state index contributed by atoms with van der Waals surface area (Å²) in [6, 6.07) is 0. The van der Waals surface area contributed by atoms with Crippen LogP contribution in [0.5, 0.6) is 0 Å². The molecule has 0 bridgehead atoms.